The molecule has 0 heterocycles. The maximum absolute atomic E-state index is 10.9. The molecular formula is C22H44O. The molecule has 23 heavy (non-hydrogen) atoms. The van der Waals surface area contributed by atoms with Crippen LogP contribution < -0.4 is 0 Å². The van der Waals surface area contributed by atoms with Gasteiger partial charge in [-0.05, 0) is 12.8 Å². The Bertz CT molecular complexity index is 224. The third kappa shape index (κ3) is 17.9. The number of aldehydes is 1. The van der Waals surface area contributed by atoms with Crippen molar-refractivity contribution in [3.8, 4) is 0 Å². The summed E-state index contributed by atoms with van der Waals surface area (Å²) in [6, 6.07) is 0. The van der Waals surface area contributed by atoms with Gasteiger partial charge in [-0.1, -0.05) is 117 Å². The standard InChI is InChI=1S/C22H44O/c1-3-5-6-7-8-9-10-11-12-13-14-15-16-17-18-20-22(21-23)19-4-2/h21-22H,3-20H2,1-2H3. The van der Waals surface area contributed by atoms with Crippen LogP contribution in [0.1, 0.15) is 129 Å². The predicted octanol–water partition coefficient (Wildman–Crippen LogP) is 7.86. The monoisotopic (exact) mass is 324 g/mol. The van der Waals surface area contributed by atoms with Gasteiger partial charge in [0.15, 0.2) is 0 Å². The van der Waals surface area contributed by atoms with E-state index in [1.54, 1.807) is 0 Å². The minimum Gasteiger partial charge on any atom is -0.303 e. The van der Waals surface area contributed by atoms with Gasteiger partial charge in [-0.3, -0.25) is 0 Å². The van der Waals surface area contributed by atoms with E-state index < -0.39 is 0 Å². The highest BCUT2D eigenvalue weighted by Gasteiger charge is 2.04. The molecule has 1 heteroatoms. The quantitative estimate of drug-likeness (QED) is 0.174. The zero-order chi connectivity index (χ0) is 17.0. The number of carbonyl (C=O) groups is 1. The molecule has 0 fully saturated rings. The molecule has 0 aromatic carbocycles. The molecule has 0 amide bonds. The molecule has 1 unspecified atom stereocenters. The van der Waals surface area contributed by atoms with Crippen molar-refractivity contribution in [2.75, 3.05) is 0 Å². The van der Waals surface area contributed by atoms with Crippen LogP contribution in [0.3, 0.4) is 0 Å². The fraction of sp³-hybridized carbons (Fsp3) is 0.955. The summed E-state index contributed by atoms with van der Waals surface area (Å²) in [5.74, 6) is 0.335. The predicted molar refractivity (Wildman–Crippen MR) is 104 cm³/mol. The Kier molecular flexibility index (Phi) is 19.4. The molecule has 0 N–H and O–H groups in total. The average molecular weight is 325 g/mol. The summed E-state index contributed by atoms with van der Waals surface area (Å²) < 4.78 is 0. The van der Waals surface area contributed by atoms with E-state index in [0.29, 0.717) is 5.92 Å². The van der Waals surface area contributed by atoms with Gasteiger partial charge in [0.25, 0.3) is 0 Å². The van der Waals surface area contributed by atoms with Crippen LogP contribution in [0, 0.1) is 5.92 Å². The number of unbranched alkanes of at least 4 members (excludes halogenated alkanes) is 14. The topological polar surface area (TPSA) is 17.1 Å². The Hall–Kier alpha value is -0.330. The SMILES string of the molecule is CCCCCCCCCCCCCCCCCC(C=O)CCC. The summed E-state index contributed by atoms with van der Waals surface area (Å²) in [5, 5.41) is 0. The third-order valence-corrected chi connectivity index (χ3v) is 5.03. The summed E-state index contributed by atoms with van der Waals surface area (Å²) in [6.07, 6.45) is 25.7. The van der Waals surface area contributed by atoms with Crippen LogP contribution in [0.25, 0.3) is 0 Å². The lowest BCUT2D eigenvalue weighted by Crippen LogP contribution is -2.01. The van der Waals surface area contributed by atoms with E-state index in [4.69, 9.17) is 0 Å². The van der Waals surface area contributed by atoms with E-state index >= 15 is 0 Å². The minimum absolute atomic E-state index is 0.335. The van der Waals surface area contributed by atoms with Gasteiger partial charge >= 0.3 is 0 Å². The highest BCUT2D eigenvalue weighted by Crippen LogP contribution is 2.16. The molecule has 0 aromatic heterocycles. The number of hydrogen-bond acceptors (Lipinski definition) is 1. The summed E-state index contributed by atoms with van der Waals surface area (Å²) in [7, 11) is 0. The summed E-state index contributed by atoms with van der Waals surface area (Å²) >= 11 is 0. The van der Waals surface area contributed by atoms with E-state index in [9.17, 15) is 4.79 Å². The number of hydrogen-bond donors (Lipinski definition) is 0. The summed E-state index contributed by atoms with van der Waals surface area (Å²) in [6.45, 7) is 4.46. The van der Waals surface area contributed by atoms with Crippen molar-refractivity contribution >= 4 is 6.29 Å². The molecule has 138 valence electrons. The Morgan fingerprint density at radius 2 is 0.913 bits per heavy atom. The zero-order valence-corrected chi connectivity index (χ0v) is 16.3. The molecule has 1 atom stereocenters. The maximum atomic E-state index is 10.9. The van der Waals surface area contributed by atoms with Gasteiger partial charge in [-0.2, -0.15) is 0 Å². The molecule has 0 rings (SSSR count). The highest BCUT2D eigenvalue weighted by atomic mass is 16.1. The molecule has 0 aliphatic heterocycles. The Labute approximate surface area is 147 Å². The first-order valence-corrected chi connectivity index (χ1v) is 10.8. The summed E-state index contributed by atoms with van der Waals surface area (Å²) in [5.41, 5.74) is 0. The van der Waals surface area contributed by atoms with Gasteiger partial charge < -0.3 is 4.79 Å². The fourth-order valence-electron chi connectivity index (χ4n) is 3.43. The van der Waals surface area contributed by atoms with Crippen molar-refractivity contribution in [3.63, 3.8) is 0 Å². The van der Waals surface area contributed by atoms with Crippen LogP contribution in [0.2, 0.25) is 0 Å². The van der Waals surface area contributed by atoms with Crippen LogP contribution in [0.4, 0.5) is 0 Å². The van der Waals surface area contributed by atoms with Gasteiger partial charge in [0.1, 0.15) is 6.29 Å². The first-order chi connectivity index (χ1) is 11.3. The van der Waals surface area contributed by atoms with Gasteiger partial charge in [0.2, 0.25) is 0 Å². The first kappa shape index (κ1) is 22.7. The minimum atomic E-state index is 0.335. The van der Waals surface area contributed by atoms with Crippen LogP contribution in [-0.2, 0) is 4.79 Å². The lowest BCUT2D eigenvalue weighted by Gasteiger charge is -2.08. The molecular weight excluding hydrogens is 280 g/mol. The second-order valence-electron chi connectivity index (χ2n) is 7.42. The average Bonchev–Trinajstić information content (AvgIpc) is 2.57. The summed E-state index contributed by atoms with van der Waals surface area (Å²) in [4.78, 5) is 10.9. The molecule has 0 aliphatic carbocycles. The van der Waals surface area contributed by atoms with E-state index in [0.717, 1.165) is 19.3 Å². The second kappa shape index (κ2) is 19.7. The number of rotatable bonds is 19. The van der Waals surface area contributed by atoms with E-state index in [2.05, 4.69) is 13.8 Å². The van der Waals surface area contributed by atoms with Crippen molar-refractivity contribution in [2.45, 2.75) is 129 Å². The van der Waals surface area contributed by atoms with Gasteiger partial charge in [-0.15, -0.1) is 0 Å². The van der Waals surface area contributed by atoms with Gasteiger partial charge in [0, 0.05) is 5.92 Å². The van der Waals surface area contributed by atoms with Gasteiger partial charge in [0.05, 0.1) is 0 Å². The molecule has 1 nitrogen and oxygen atoms in total. The van der Waals surface area contributed by atoms with Crippen molar-refractivity contribution < 1.29 is 4.79 Å². The van der Waals surface area contributed by atoms with E-state index in [1.165, 1.54) is 103 Å². The molecule has 0 saturated carbocycles. The lowest BCUT2D eigenvalue weighted by atomic mass is 9.97. The van der Waals surface area contributed by atoms with Crippen LogP contribution in [0.15, 0.2) is 0 Å². The molecule has 0 aromatic rings. The normalized spacial score (nSPS) is 12.4. The molecule has 0 saturated heterocycles. The fourth-order valence-corrected chi connectivity index (χ4v) is 3.43. The van der Waals surface area contributed by atoms with E-state index in [1.807, 2.05) is 0 Å². The molecule has 0 aliphatic rings. The Morgan fingerprint density at radius 3 is 1.26 bits per heavy atom. The van der Waals surface area contributed by atoms with Crippen LogP contribution in [-0.4, -0.2) is 6.29 Å². The van der Waals surface area contributed by atoms with Crippen molar-refractivity contribution in [1.29, 1.82) is 0 Å². The largest absolute Gasteiger partial charge is 0.303 e. The van der Waals surface area contributed by atoms with Crippen LogP contribution >= 0.6 is 0 Å². The number of carbonyl (C=O) groups excluding carboxylic acids is 1. The van der Waals surface area contributed by atoms with Crippen molar-refractivity contribution in [2.24, 2.45) is 5.92 Å². The highest BCUT2D eigenvalue weighted by molar-refractivity contribution is 5.53. The van der Waals surface area contributed by atoms with Crippen molar-refractivity contribution in [1.82, 2.24) is 0 Å². The zero-order valence-electron chi connectivity index (χ0n) is 16.3. The smallest absolute Gasteiger partial charge is 0.123 e. The Morgan fingerprint density at radius 1 is 0.522 bits per heavy atom. The molecule has 0 spiro atoms. The van der Waals surface area contributed by atoms with Crippen LogP contribution in [0.5, 0.6) is 0 Å². The Balaban J connectivity index is 3.09. The van der Waals surface area contributed by atoms with Crippen molar-refractivity contribution in [3.05, 3.63) is 0 Å². The second-order valence-corrected chi connectivity index (χ2v) is 7.42. The first-order valence-electron chi connectivity index (χ1n) is 10.8. The molecule has 0 bridgehead atoms. The van der Waals surface area contributed by atoms with Gasteiger partial charge in [-0.25, -0.2) is 0 Å². The lowest BCUT2D eigenvalue weighted by molar-refractivity contribution is -0.111. The van der Waals surface area contributed by atoms with E-state index in [-0.39, 0.29) is 0 Å². The maximum Gasteiger partial charge on any atom is 0.123 e. The molecule has 0 radical (unpaired) electrons. The third-order valence-electron chi connectivity index (χ3n) is 5.03.